The van der Waals surface area contributed by atoms with Gasteiger partial charge in [0.05, 0.1) is 44.2 Å². The number of rotatable bonds is 15. The zero-order valence-electron chi connectivity index (χ0n) is 37.9. The number of hydrogen-bond acceptors (Lipinski definition) is 10. The van der Waals surface area contributed by atoms with Crippen molar-refractivity contribution in [1.82, 2.24) is 34.8 Å². The van der Waals surface area contributed by atoms with Gasteiger partial charge in [0.15, 0.2) is 21.3 Å². The summed E-state index contributed by atoms with van der Waals surface area (Å²) in [6, 6.07) is 7.79. The molecular weight excluding hydrogens is 1040 g/mol. The van der Waals surface area contributed by atoms with Gasteiger partial charge in [0.2, 0.25) is 15.9 Å². The molecule has 14 nitrogen and oxygen atoms in total. The van der Waals surface area contributed by atoms with Gasteiger partial charge < -0.3 is 5.32 Å². The summed E-state index contributed by atoms with van der Waals surface area (Å²) >= 11 is 6.68. The second-order valence-electron chi connectivity index (χ2n) is 18.2. The van der Waals surface area contributed by atoms with Gasteiger partial charge in [-0.05, 0) is 87.4 Å². The first-order valence-electron chi connectivity index (χ1n) is 21.5. The first-order chi connectivity index (χ1) is 33.3. The summed E-state index contributed by atoms with van der Waals surface area (Å²) in [4.78, 5) is 36.7. The quantitative estimate of drug-likeness (QED) is 0.0977. The first-order valence-corrected chi connectivity index (χ1v) is 25.6. The molecule has 0 spiro atoms. The lowest BCUT2D eigenvalue weighted by Crippen LogP contribution is -2.37. The molecule has 384 valence electrons. The molecule has 0 saturated heterocycles. The summed E-state index contributed by atoms with van der Waals surface area (Å²) in [5.41, 5.74) is -5.44. The SMILES string of the molecule is CC(C)(CCc1ccc(-c2ccc(Cl)c3c(N(C(=O)c4cccnc4)S(C)(=O)=O)nn(CC(F)(F)F)c23)c([C@H](Cc2cc(F)cc(F)c2)NC(=O)Cn2nc(C(F)(F)F)c3c2C(F)(F)C2C[C@H]32)n1)S(C)(=O)=O. The number of nitrogens with zero attached hydrogens (tertiary/aromatic N) is 7. The van der Waals surface area contributed by atoms with Gasteiger partial charge in [0, 0.05) is 53.0 Å². The molecule has 2 amide bonds. The number of aromatic nitrogens is 6. The van der Waals surface area contributed by atoms with E-state index in [-0.39, 0.29) is 61.9 Å². The van der Waals surface area contributed by atoms with E-state index < -0.39 is 142 Å². The third-order valence-electron chi connectivity index (χ3n) is 12.6. The maximum Gasteiger partial charge on any atom is 0.435 e. The van der Waals surface area contributed by atoms with Gasteiger partial charge in [-0.3, -0.25) is 28.9 Å². The number of halogens is 11. The number of sulfone groups is 1. The molecule has 4 aromatic heterocycles. The molecule has 8 rings (SSSR count). The fourth-order valence-electron chi connectivity index (χ4n) is 8.83. The van der Waals surface area contributed by atoms with Crippen LogP contribution in [0.2, 0.25) is 5.02 Å². The van der Waals surface area contributed by atoms with Crippen LogP contribution in [0.3, 0.4) is 0 Å². The average molecular weight is 1080 g/mol. The number of alkyl halides is 8. The number of pyridine rings is 2. The maximum atomic E-state index is 15.6. The minimum Gasteiger partial charge on any atom is -0.346 e. The van der Waals surface area contributed by atoms with Gasteiger partial charge in [0.25, 0.3) is 11.8 Å². The largest absolute Gasteiger partial charge is 0.435 e. The lowest BCUT2D eigenvalue weighted by atomic mass is 9.93. The Morgan fingerprint density at radius 2 is 1.60 bits per heavy atom. The van der Waals surface area contributed by atoms with Crippen LogP contribution in [0, 0.1) is 17.6 Å². The summed E-state index contributed by atoms with van der Waals surface area (Å²) in [6.07, 6.45) is -7.67. The van der Waals surface area contributed by atoms with Crippen LogP contribution >= 0.6 is 11.6 Å². The Bertz CT molecular complexity index is 3380. The van der Waals surface area contributed by atoms with Crippen molar-refractivity contribution in [3.05, 3.63) is 123 Å². The van der Waals surface area contributed by atoms with Crippen molar-refractivity contribution >= 4 is 60.0 Å². The molecule has 6 aromatic rings. The van der Waals surface area contributed by atoms with Crippen molar-refractivity contribution in [1.29, 1.82) is 0 Å². The Labute approximate surface area is 408 Å². The highest BCUT2D eigenvalue weighted by Gasteiger charge is 2.68. The monoisotopic (exact) mass is 1080 g/mol. The number of benzene rings is 2. The zero-order valence-corrected chi connectivity index (χ0v) is 40.3. The molecule has 0 radical (unpaired) electrons. The lowest BCUT2D eigenvalue weighted by molar-refractivity contribution is -0.143. The van der Waals surface area contributed by atoms with E-state index >= 15 is 8.78 Å². The molecule has 72 heavy (non-hydrogen) atoms. The Balaban J connectivity index is 1.35. The summed E-state index contributed by atoms with van der Waals surface area (Å²) < 4.78 is 199. The normalized spacial score (nSPS) is 17.2. The van der Waals surface area contributed by atoms with Crippen molar-refractivity contribution in [2.75, 3.05) is 16.8 Å². The molecule has 1 unspecified atom stereocenters. The molecule has 0 aliphatic heterocycles. The number of fused-ring (bicyclic) bond motifs is 4. The van der Waals surface area contributed by atoms with Crippen molar-refractivity contribution < 1.29 is 70.3 Å². The van der Waals surface area contributed by atoms with Crippen molar-refractivity contribution in [2.45, 2.75) is 87.6 Å². The van der Waals surface area contributed by atoms with E-state index in [0.717, 1.165) is 36.7 Å². The molecule has 3 atom stereocenters. The molecule has 2 aliphatic rings. The summed E-state index contributed by atoms with van der Waals surface area (Å²) in [6.45, 7) is -0.381. The van der Waals surface area contributed by atoms with Crippen molar-refractivity contribution in [3.8, 4) is 11.1 Å². The summed E-state index contributed by atoms with van der Waals surface area (Å²) in [7, 11) is -8.51. The van der Waals surface area contributed by atoms with Crippen LogP contribution in [-0.4, -0.2) is 81.6 Å². The van der Waals surface area contributed by atoms with E-state index in [9.17, 15) is 61.5 Å². The smallest absolute Gasteiger partial charge is 0.346 e. The molecule has 0 bridgehead atoms. The van der Waals surface area contributed by atoms with Crippen molar-refractivity contribution in [2.24, 2.45) is 5.92 Å². The number of sulfonamides is 1. The lowest BCUT2D eigenvalue weighted by Gasteiger charge is -2.25. The second kappa shape index (κ2) is 18.1. The third-order valence-corrected chi connectivity index (χ3v) is 16.1. The first kappa shape index (κ1) is 52.2. The molecule has 2 aliphatic carbocycles. The Morgan fingerprint density at radius 1 is 0.931 bits per heavy atom. The number of amides is 2. The highest BCUT2D eigenvalue weighted by molar-refractivity contribution is 7.93. The van der Waals surface area contributed by atoms with E-state index in [1.165, 1.54) is 44.3 Å². The standard InChI is InChI=1S/C45H39ClF10N8O6S2/c1-42(2,71(3,67)68)12-11-26-7-8-27(28-9-10-31(46)35-37(28)63(21-43(49,50)51)61-40(35)64(72(4,69)70)41(66)23-6-5-13-57-19-23)36(58-26)32(16-22-14-24(47)17-25(48)15-22)59-33(65)20-62-39-34(38(60-62)45(54,55)56)29-18-30(29)44(39,52)53/h5-10,13-15,17,19,29-30,32H,11-12,16,18,20-21H2,1-4H3,(H,59,65)/t29-,30?,32-/m0/s1. The van der Waals surface area contributed by atoms with Crippen LogP contribution in [0.5, 0.6) is 0 Å². The number of aryl methyl sites for hydroxylation is 1. The van der Waals surface area contributed by atoms with Crippen LogP contribution < -0.4 is 9.62 Å². The van der Waals surface area contributed by atoms with Gasteiger partial charge in [-0.15, -0.1) is 0 Å². The molecule has 4 heterocycles. The Morgan fingerprint density at radius 3 is 2.19 bits per heavy atom. The number of nitrogens with one attached hydrogen (secondary N) is 1. The highest BCUT2D eigenvalue weighted by Crippen LogP contribution is 2.68. The van der Waals surface area contributed by atoms with Crippen LogP contribution in [0.25, 0.3) is 22.0 Å². The molecule has 1 N–H and O–H groups in total. The number of anilines is 1. The topological polar surface area (TPSA) is 179 Å². The summed E-state index contributed by atoms with van der Waals surface area (Å²) in [5, 5.41) is 8.90. The molecular formula is C45H39ClF10N8O6S2. The van der Waals surface area contributed by atoms with Crippen LogP contribution in [-0.2, 0) is 62.7 Å². The van der Waals surface area contributed by atoms with E-state index in [2.05, 4.69) is 20.5 Å². The highest BCUT2D eigenvalue weighted by atomic mass is 35.5. The van der Waals surface area contributed by atoms with Gasteiger partial charge in [-0.1, -0.05) is 23.7 Å². The fraction of sp³-hybridized carbons (Fsp3) is 0.378. The number of hydrogen-bond donors (Lipinski definition) is 1. The van der Waals surface area contributed by atoms with E-state index in [4.69, 9.17) is 16.6 Å². The minimum absolute atomic E-state index is 0.0637. The minimum atomic E-state index is -5.21. The van der Waals surface area contributed by atoms with Crippen LogP contribution in [0.15, 0.2) is 67.0 Å². The Kier molecular flexibility index (Phi) is 13.1. The van der Waals surface area contributed by atoms with E-state index in [1.807, 2.05) is 0 Å². The van der Waals surface area contributed by atoms with Gasteiger partial charge in [-0.2, -0.15) is 49.6 Å². The van der Waals surface area contributed by atoms with Crippen LogP contribution in [0.1, 0.15) is 82.9 Å². The predicted molar refractivity (Wildman–Crippen MR) is 240 cm³/mol. The second-order valence-corrected chi connectivity index (χ2v) is 23.1. The van der Waals surface area contributed by atoms with E-state index in [0.29, 0.717) is 17.0 Å². The molecule has 1 fully saturated rings. The summed E-state index contributed by atoms with van der Waals surface area (Å²) in [5.74, 6) is -12.2. The van der Waals surface area contributed by atoms with Crippen LogP contribution in [0.4, 0.5) is 49.7 Å². The van der Waals surface area contributed by atoms with Gasteiger partial charge >= 0.3 is 12.4 Å². The Hall–Kier alpha value is -6.15. The number of carbonyl (C=O) groups is 2. The number of carbonyl (C=O) groups excluding carboxylic acids is 2. The van der Waals surface area contributed by atoms with Gasteiger partial charge in [-0.25, -0.2) is 25.6 Å². The average Bonchev–Trinajstić information content (AvgIpc) is 3.77. The van der Waals surface area contributed by atoms with E-state index in [1.54, 1.807) is 0 Å². The fourth-order valence-corrected chi connectivity index (χ4v) is 10.4. The predicted octanol–water partition coefficient (Wildman–Crippen LogP) is 8.87. The molecule has 2 aromatic carbocycles. The molecule has 27 heteroatoms. The maximum absolute atomic E-state index is 15.6. The zero-order chi connectivity index (χ0) is 52.8. The van der Waals surface area contributed by atoms with Crippen molar-refractivity contribution in [3.63, 3.8) is 0 Å². The molecule has 1 saturated carbocycles. The van der Waals surface area contributed by atoms with Gasteiger partial charge in [0.1, 0.15) is 30.4 Å². The third kappa shape index (κ3) is 10.1.